The van der Waals surface area contributed by atoms with Crippen molar-refractivity contribution in [3.8, 4) is 5.75 Å². The molecule has 122 valence electrons. The van der Waals surface area contributed by atoms with Crippen LogP contribution in [-0.4, -0.2) is 32.1 Å². The summed E-state index contributed by atoms with van der Waals surface area (Å²) in [4.78, 5) is 11.8. The molecule has 0 spiro atoms. The summed E-state index contributed by atoms with van der Waals surface area (Å²) >= 11 is 0. The molecule has 2 rings (SSSR count). The number of nitrogens with one attached hydrogen (secondary N) is 2. The Hall–Kier alpha value is -1.52. The van der Waals surface area contributed by atoms with Crippen LogP contribution in [0.15, 0.2) is 35.9 Å². The number of amides is 1. The van der Waals surface area contributed by atoms with Crippen molar-refractivity contribution in [2.45, 2.75) is 26.2 Å². The molecule has 0 aromatic heterocycles. The number of carbonyl (C=O) groups excluding carboxylic acids is 1. The topological polar surface area (TPSA) is 50.4 Å². The Morgan fingerprint density at radius 1 is 1.36 bits per heavy atom. The number of ether oxygens (including phenoxy) is 1. The van der Waals surface area contributed by atoms with Crippen LogP contribution in [0.2, 0.25) is 0 Å². The summed E-state index contributed by atoms with van der Waals surface area (Å²) in [5.74, 6) is 1.00. The molecule has 0 unspecified atom stereocenters. The second-order valence-corrected chi connectivity index (χ2v) is 5.31. The highest BCUT2D eigenvalue weighted by Crippen LogP contribution is 2.16. The van der Waals surface area contributed by atoms with Gasteiger partial charge in [-0.3, -0.25) is 4.79 Å². The maximum Gasteiger partial charge on any atom is 0.220 e. The van der Waals surface area contributed by atoms with Crippen LogP contribution in [0.5, 0.6) is 5.75 Å². The molecule has 1 heterocycles. The molecule has 1 aromatic rings. The first-order valence-electron chi connectivity index (χ1n) is 7.59. The molecular weight excluding hydrogens is 300 g/mol. The van der Waals surface area contributed by atoms with Crippen molar-refractivity contribution in [2.24, 2.45) is 0 Å². The SMILES string of the molecule is Cc1ccccc1OCCCC(=O)NCC1=CCNCC1.Cl. The molecule has 1 aliphatic rings. The van der Waals surface area contributed by atoms with Crippen LogP contribution >= 0.6 is 12.4 Å². The maximum atomic E-state index is 11.8. The van der Waals surface area contributed by atoms with Gasteiger partial charge in [0.15, 0.2) is 0 Å². The lowest BCUT2D eigenvalue weighted by Crippen LogP contribution is -2.29. The summed E-state index contributed by atoms with van der Waals surface area (Å²) in [6, 6.07) is 7.93. The predicted molar refractivity (Wildman–Crippen MR) is 91.7 cm³/mol. The summed E-state index contributed by atoms with van der Waals surface area (Å²) < 4.78 is 5.68. The van der Waals surface area contributed by atoms with Crippen molar-refractivity contribution < 1.29 is 9.53 Å². The maximum absolute atomic E-state index is 11.8. The fourth-order valence-electron chi connectivity index (χ4n) is 2.26. The van der Waals surface area contributed by atoms with Gasteiger partial charge >= 0.3 is 0 Å². The van der Waals surface area contributed by atoms with Gasteiger partial charge in [-0.25, -0.2) is 0 Å². The van der Waals surface area contributed by atoms with Crippen LogP contribution in [0, 0.1) is 6.92 Å². The van der Waals surface area contributed by atoms with Gasteiger partial charge in [-0.05, 0) is 37.9 Å². The van der Waals surface area contributed by atoms with E-state index in [0.29, 0.717) is 19.6 Å². The molecule has 0 radical (unpaired) electrons. The number of benzene rings is 1. The van der Waals surface area contributed by atoms with Crippen molar-refractivity contribution >= 4 is 18.3 Å². The Bertz CT molecular complexity index is 503. The molecule has 1 aliphatic heterocycles. The largest absolute Gasteiger partial charge is 0.493 e. The summed E-state index contributed by atoms with van der Waals surface area (Å²) in [5, 5.41) is 6.23. The van der Waals surface area contributed by atoms with E-state index in [2.05, 4.69) is 16.7 Å². The zero-order valence-corrected chi connectivity index (χ0v) is 13.9. The van der Waals surface area contributed by atoms with Gasteiger partial charge in [0.1, 0.15) is 5.75 Å². The smallest absolute Gasteiger partial charge is 0.220 e. The molecular formula is C17H25ClN2O2. The highest BCUT2D eigenvalue weighted by Gasteiger charge is 2.06. The van der Waals surface area contributed by atoms with Crippen LogP contribution < -0.4 is 15.4 Å². The normalized spacial score (nSPS) is 13.8. The third-order valence-corrected chi connectivity index (χ3v) is 3.57. The van der Waals surface area contributed by atoms with Gasteiger partial charge in [0, 0.05) is 19.5 Å². The lowest BCUT2D eigenvalue weighted by Gasteiger charge is -2.14. The molecule has 5 heteroatoms. The summed E-state index contributed by atoms with van der Waals surface area (Å²) in [6.45, 7) is 5.19. The Kier molecular flexibility index (Phi) is 8.63. The number of hydrogen-bond donors (Lipinski definition) is 2. The number of para-hydroxylation sites is 1. The Labute approximate surface area is 138 Å². The average Bonchev–Trinajstić information content (AvgIpc) is 2.52. The molecule has 22 heavy (non-hydrogen) atoms. The lowest BCUT2D eigenvalue weighted by atomic mass is 10.1. The van der Waals surface area contributed by atoms with Crippen molar-refractivity contribution in [1.82, 2.24) is 10.6 Å². The number of carbonyl (C=O) groups is 1. The zero-order chi connectivity index (χ0) is 14.9. The number of rotatable bonds is 7. The zero-order valence-electron chi connectivity index (χ0n) is 13.1. The fraction of sp³-hybridized carbons (Fsp3) is 0.471. The predicted octanol–water partition coefficient (Wildman–Crippen LogP) is 2.61. The van der Waals surface area contributed by atoms with E-state index in [1.807, 2.05) is 31.2 Å². The van der Waals surface area contributed by atoms with E-state index in [9.17, 15) is 4.79 Å². The van der Waals surface area contributed by atoms with Crippen molar-refractivity contribution in [2.75, 3.05) is 26.2 Å². The first-order valence-corrected chi connectivity index (χ1v) is 7.59. The van der Waals surface area contributed by atoms with E-state index < -0.39 is 0 Å². The molecule has 0 bridgehead atoms. The summed E-state index contributed by atoms with van der Waals surface area (Å²) in [6.07, 6.45) is 4.43. The molecule has 1 aromatic carbocycles. The van der Waals surface area contributed by atoms with Crippen molar-refractivity contribution in [3.63, 3.8) is 0 Å². The molecule has 0 aliphatic carbocycles. The number of hydrogen-bond acceptors (Lipinski definition) is 3. The Morgan fingerprint density at radius 2 is 2.18 bits per heavy atom. The van der Waals surface area contributed by atoms with Crippen LogP contribution in [-0.2, 0) is 4.79 Å². The average molecular weight is 325 g/mol. The molecule has 0 saturated heterocycles. The van der Waals surface area contributed by atoms with Gasteiger partial charge in [-0.2, -0.15) is 0 Å². The van der Waals surface area contributed by atoms with Gasteiger partial charge < -0.3 is 15.4 Å². The van der Waals surface area contributed by atoms with E-state index in [1.54, 1.807) is 0 Å². The van der Waals surface area contributed by atoms with Gasteiger partial charge in [0.05, 0.1) is 6.61 Å². The van der Waals surface area contributed by atoms with Crippen LogP contribution in [0.3, 0.4) is 0 Å². The third kappa shape index (κ3) is 6.50. The van der Waals surface area contributed by atoms with Crippen LogP contribution in [0.4, 0.5) is 0 Å². The van der Waals surface area contributed by atoms with Gasteiger partial charge in [0.25, 0.3) is 0 Å². The first kappa shape index (κ1) is 18.5. The minimum Gasteiger partial charge on any atom is -0.493 e. The standard InChI is InChI=1S/C17H24N2O2.ClH/c1-14-5-2-3-6-16(14)21-12-4-7-17(20)19-13-15-8-10-18-11-9-15;/h2-3,5-6,8,18H,4,7,9-13H2,1H3,(H,19,20);1H. The van der Waals surface area contributed by atoms with Gasteiger partial charge in [-0.15, -0.1) is 12.4 Å². The first-order chi connectivity index (χ1) is 10.3. The van der Waals surface area contributed by atoms with E-state index in [1.165, 1.54) is 5.57 Å². The second-order valence-electron chi connectivity index (χ2n) is 5.31. The monoisotopic (exact) mass is 324 g/mol. The quantitative estimate of drug-likeness (QED) is 0.599. The van der Waals surface area contributed by atoms with Gasteiger partial charge in [0.2, 0.25) is 5.91 Å². The number of aryl methyl sites for hydroxylation is 1. The molecule has 4 nitrogen and oxygen atoms in total. The summed E-state index contributed by atoms with van der Waals surface area (Å²) in [7, 11) is 0. The molecule has 1 amide bonds. The molecule has 0 fully saturated rings. The van der Waals surface area contributed by atoms with Crippen molar-refractivity contribution in [1.29, 1.82) is 0 Å². The molecule has 0 saturated carbocycles. The van der Waals surface area contributed by atoms with E-state index in [4.69, 9.17) is 4.74 Å². The third-order valence-electron chi connectivity index (χ3n) is 3.57. The number of halogens is 1. The van der Waals surface area contributed by atoms with E-state index in [-0.39, 0.29) is 18.3 Å². The van der Waals surface area contributed by atoms with Crippen LogP contribution in [0.25, 0.3) is 0 Å². The molecule has 2 N–H and O–H groups in total. The highest BCUT2D eigenvalue weighted by molar-refractivity contribution is 5.85. The van der Waals surface area contributed by atoms with Crippen molar-refractivity contribution in [3.05, 3.63) is 41.5 Å². The lowest BCUT2D eigenvalue weighted by molar-refractivity contribution is -0.121. The minimum absolute atomic E-state index is 0. The van der Waals surface area contributed by atoms with Gasteiger partial charge in [-0.1, -0.05) is 29.8 Å². The minimum atomic E-state index is 0. The summed E-state index contributed by atoms with van der Waals surface area (Å²) in [5.41, 5.74) is 2.44. The Balaban J connectivity index is 0.00000242. The van der Waals surface area contributed by atoms with E-state index in [0.717, 1.165) is 37.2 Å². The highest BCUT2D eigenvalue weighted by atomic mass is 35.5. The molecule has 0 atom stereocenters. The Morgan fingerprint density at radius 3 is 2.91 bits per heavy atom. The second kappa shape index (κ2) is 10.2. The fourth-order valence-corrected chi connectivity index (χ4v) is 2.26. The van der Waals surface area contributed by atoms with E-state index >= 15 is 0 Å². The van der Waals surface area contributed by atoms with Crippen LogP contribution in [0.1, 0.15) is 24.8 Å².